The summed E-state index contributed by atoms with van der Waals surface area (Å²) in [5.41, 5.74) is 3.11. The Bertz CT molecular complexity index is 1710. The molecule has 2 N–H and O–H groups in total. The molecule has 3 heterocycles. The molecule has 0 saturated carbocycles. The Hall–Kier alpha value is -4.94. The summed E-state index contributed by atoms with van der Waals surface area (Å²) in [6, 6.07) is 17.1. The average Bonchev–Trinajstić information content (AvgIpc) is 3.35. The fraction of sp³-hybridized carbons (Fsp3) is 0.290. The van der Waals surface area contributed by atoms with Gasteiger partial charge >= 0.3 is 0 Å². The molecule has 1 aromatic heterocycles. The number of aromatic amines is 1. The summed E-state index contributed by atoms with van der Waals surface area (Å²) in [6.07, 6.45) is 0. The van der Waals surface area contributed by atoms with Gasteiger partial charge in [0.15, 0.2) is 17.4 Å². The zero-order valence-electron chi connectivity index (χ0n) is 23.9. The van der Waals surface area contributed by atoms with Crippen molar-refractivity contribution in [3.8, 4) is 17.4 Å². The van der Waals surface area contributed by atoms with Crippen LogP contribution in [0.2, 0.25) is 0 Å². The molecule has 0 atom stereocenters. The first-order valence-corrected chi connectivity index (χ1v) is 14.0. The molecule has 0 radical (unpaired) electrons. The number of aromatic nitrogens is 1. The summed E-state index contributed by atoms with van der Waals surface area (Å²) in [7, 11) is 3.85. The van der Waals surface area contributed by atoms with E-state index in [1.54, 1.807) is 30.1 Å². The first kappa shape index (κ1) is 28.2. The minimum absolute atomic E-state index is 0.00980. The lowest BCUT2D eigenvalue weighted by atomic mass is 10.00. The van der Waals surface area contributed by atoms with Gasteiger partial charge in [0.25, 0.3) is 5.69 Å². The number of amides is 1. The zero-order chi connectivity index (χ0) is 30.1. The van der Waals surface area contributed by atoms with Crippen LogP contribution in [0.3, 0.4) is 0 Å². The summed E-state index contributed by atoms with van der Waals surface area (Å²) in [6.45, 7) is 4.83. The molecule has 0 bridgehead atoms. The van der Waals surface area contributed by atoms with Crippen LogP contribution in [0, 0.1) is 10.1 Å². The van der Waals surface area contributed by atoms with Gasteiger partial charge in [0, 0.05) is 62.0 Å². The number of carbonyl (C=O) groups is 1. The second-order valence-corrected chi connectivity index (χ2v) is 10.7. The molecule has 3 aromatic carbocycles. The number of nitro benzene ring substituents is 1. The van der Waals surface area contributed by atoms with Gasteiger partial charge in [-0.2, -0.15) is 0 Å². The number of aromatic hydroxyl groups is 1. The van der Waals surface area contributed by atoms with E-state index in [-0.39, 0.29) is 17.5 Å². The third-order valence-electron chi connectivity index (χ3n) is 7.83. The molecule has 12 heteroatoms. The third kappa shape index (κ3) is 5.87. The van der Waals surface area contributed by atoms with Crippen molar-refractivity contribution in [3.63, 3.8) is 0 Å². The average molecular weight is 585 g/mol. The molecule has 1 saturated heterocycles. The maximum Gasteiger partial charge on any atom is 0.271 e. The number of non-ortho nitro benzene ring substituents is 1. The quantitative estimate of drug-likeness (QED) is 0.189. The minimum atomic E-state index is -0.485. The summed E-state index contributed by atoms with van der Waals surface area (Å²) in [5.74, 6) is 1.01. The molecule has 0 unspecified atom stereocenters. The summed E-state index contributed by atoms with van der Waals surface area (Å²) in [4.78, 5) is 37.7. The second kappa shape index (κ2) is 11.7. The lowest BCUT2D eigenvalue weighted by Gasteiger charge is -2.32. The molecule has 43 heavy (non-hydrogen) atoms. The van der Waals surface area contributed by atoms with E-state index in [1.807, 2.05) is 30.3 Å². The first-order chi connectivity index (χ1) is 20.8. The fourth-order valence-electron chi connectivity index (χ4n) is 5.31. The number of piperazine rings is 1. The van der Waals surface area contributed by atoms with Crippen molar-refractivity contribution in [1.29, 1.82) is 0 Å². The van der Waals surface area contributed by atoms with Crippen LogP contribution in [-0.2, 0) is 4.79 Å². The number of rotatable bonds is 7. The van der Waals surface area contributed by atoms with E-state index in [1.165, 1.54) is 12.1 Å². The van der Waals surface area contributed by atoms with Gasteiger partial charge in [-0.15, -0.1) is 0 Å². The van der Waals surface area contributed by atoms with Gasteiger partial charge in [0.1, 0.15) is 13.2 Å². The molecule has 0 spiro atoms. The van der Waals surface area contributed by atoms with Gasteiger partial charge in [0.2, 0.25) is 5.91 Å². The van der Waals surface area contributed by atoms with Crippen LogP contribution >= 0.6 is 0 Å². The number of likely N-dealkylation sites (N-methyl/N-ethyl adjacent to an activating group) is 2. The maximum absolute atomic E-state index is 13.0. The molecule has 1 amide bonds. The zero-order valence-corrected chi connectivity index (χ0v) is 23.9. The number of nitro groups is 1. The van der Waals surface area contributed by atoms with Crippen LogP contribution in [0.5, 0.6) is 17.4 Å². The number of aliphatic imine (C=N–C) groups is 1. The van der Waals surface area contributed by atoms with Crippen LogP contribution in [0.15, 0.2) is 65.7 Å². The van der Waals surface area contributed by atoms with Crippen molar-refractivity contribution in [2.45, 2.75) is 0 Å². The first-order valence-electron chi connectivity index (χ1n) is 14.0. The second-order valence-electron chi connectivity index (χ2n) is 10.7. The van der Waals surface area contributed by atoms with Gasteiger partial charge in [-0.25, -0.2) is 4.99 Å². The molecule has 0 aliphatic carbocycles. The maximum atomic E-state index is 13.0. The van der Waals surface area contributed by atoms with Crippen molar-refractivity contribution < 1.29 is 24.3 Å². The van der Waals surface area contributed by atoms with Gasteiger partial charge in [0.05, 0.1) is 33.9 Å². The molecule has 222 valence electrons. The van der Waals surface area contributed by atoms with Crippen molar-refractivity contribution in [3.05, 3.63) is 81.9 Å². The smallest absolute Gasteiger partial charge is 0.271 e. The number of nitrogens with one attached hydrogen (secondary N) is 1. The number of nitrogens with zero attached hydrogens (tertiary/aromatic N) is 5. The van der Waals surface area contributed by atoms with E-state index in [4.69, 9.17) is 14.5 Å². The normalized spacial score (nSPS) is 15.9. The minimum Gasteiger partial charge on any atom is -0.494 e. The van der Waals surface area contributed by atoms with Crippen molar-refractivity contribution in [2.24, 2.45) is 4.99 Å². The van der Waals surface area contributed by atoms with Crippen molar-refractivity contribution in [2.75, 3.05) is 64.9 Å². The Morgan fingerprint density at radius 2 is 1.74 bits per heavy atom. The number of anilines is 1. The Kier molecular flexibility index (Phi) is 7.70. The number of fused-ring (bicyclic) bond motifs is 2. The van der Waals surface area contributed by atoms with E-state index >= 15 is 0 Å². The predicted molar refractivity (Wildman–Crippen MR) is 163 cm³/mol. The molecule has 1 fully saturated rings. The van der Waals surface area contributed by atoms with Crippen molar-refractivity contribution >= 4 is 39.6 Å². The summed E-state index contributed by atoms with van der Waals surface area (Å²) >= 11 is 0. The van der Waals surface area contributed by atoms with Crippen LogP contribution in [0.25, 0.3) is 10.9 Å². The number of carbonyl (C=O) groups excluding carboxylic acids is 1. The Morgan fingerprint density at radius 1 is 1.02 bits per heavy atom. The van der Waals surface area contributed by atoms with Gasteiger partial charge in [-0.05, 0) is 55.6 Å². The SMILES string of the molecule is CN1CCN(CC(=O)N(C)c2ccc(N=C(c3ccc4c(c3)OCCO4)c3c(O)[nH]c4cc([N+](=O)[O-])ccc34)cc2)CC1. The molecule has 4 aromatic rings. The van der Waals surface area contributed by atoms with E-state index in [0.29, 0.717) is 64.7 Å². The van der Waals surface area contributed by atoms with Crippen molar-refractivity contribution in [1.82, 2.24) is 14.8 Å². The highest BCUT2D eigenvalue weighted by Gasteiger charge is 2.23. The van der Waals surface area contributed by atoms with Crippen LogP contribution in [-0.4, -0.2) is 96.5 Å². The van der Waals surface area contributed by atoms with Gasteiger partial charge in [-0.1, -0.05) is 0 Å². The number of ether oxygens (including phenoxy) is 2. The highest BCUT2D eigenvalue weighted by atomic mass is 16.6. The molecule has 12 nitrogen and oxygen atoms in total. The van der Waals surface area contributed by atoms with E-state index < -0.39 is 4.92 Å². The summed E-state index contributed by atoms with van der Waals surface area (Å²) in [5, 5.41) is 22.9. The van der Waals surface area contributed by atoms with Crippen LogP contribution < -0.4 is 14.4 Å². The predicted octanol–water partition coefficient (Wildman–Crippen LogP) is 3.93. The van der Waals surface area contributed by atoms with Crippen LogP contribution in [0.4, 0.5) is 17.1 Å². The van der Waals surface area contributed by atoms with E-state index in [2.05, 4.69) is 21.8 Å². The Labute approximate surface area is 247 Å². The summed E-state index contributed by atoms with van der Waals surface area (Å²) < 4.78 is 11.5. The topological polar surface area (TPSA) is 137 Å². The molecule has 2 aliphatic heterocycles. The monoisotopic (exact) mass is 584 g/mol. The fourth-order valence-corrected chi connectivity index (χ4v) is 5.31. The largest absolute Gasteiger partial charge is 0.494 e. The Morgan fingerprint density at radius 3 is 2.47 bits per heavy atom. The van der Waals surface area contributed by atoms with Gasteiger partial charge < -0.3 is 29.4 Å². The Balaban J connectivity index is 1.34. The lowest BCUT2D eigenvalue weighted by molar-refractivity contribution is -0.384. The highest BCUT2D eigenvalue weighted by Crippen LogP contribution is 2.37. The molecular weight excluding hydrogens is 552 g/mol. The van der Waals surface area contributed by atoms with E-state index in [9.17, 15) is 20.0 Å². The standard InChI is InChI=1S/C31H32N6O6/c1-34-11-13-36(14-12-34)19-28(38)35(2)22-6-4-21(5-7-22)32-30(20-3-10-26-27(17-20)43-16-15-42-26)29-24-9-8-23(37(40)41)18-25(24)33-31(29)39/h3-10,17-18,33,39H,11-16,19H2,1-2H3. The third-order valence-corrected chi connectivity index (χ3v) is 7.83. The molecular formula is C31H32N6O6. The lowest BCUT2D eigenvalue weighted by Crippen LogP contribution is -2.48. The van der Waals surface area contributed by atoms with Crippen LogP contribution in [0.1, 0.15) is 11.1 Å². The molecule has 2 aliphatic rings. The number of benzene rings is 3. The number of hydrogen-bond donors (Lipinski definition) is 2. The van der Waals surface area contributed by atoms with Gasteiger partial charge in [-0.3, -0.25) is 19.8 Å². The number of H-pyrrole nitrogens is 1. The van der Waals surface area contributed by atoms with E-state index in [0.717, 1.165) is 31.9 Å². The molecule has 6 rings (SSSR count). The highest BCUT2D eigenvalue weighted by molar-refractivity contribution is 6.22. The number of hydrogen-bond acceptors (Lipinski definition) is 9.